The van der Waals surface area contributed by atoms with Crippen molar-refractivity contribution < 1.29 is 9.59 Å². The highest BCUT2D eigenvalue weighted by Crippen LogP contribution is 2.26. The van der Waals surface area contributed by atoms with Crippen LogP contribution in [0.5, 0.6) is 0 Å². The van der Waals surface area contributed by atoms with E-state index in [0.29, 0.717) is 24.4 Å². The maximum Gasteiger partial charge on any atom is 0.261 e. The number of fused-ring (bicyclic) bond motifs is 1. The Labute approximate surface area is 112 Å². The van der Waals surface area contributed by atoms with E-state index in [9.17, 15) is 9.59 Å². The van der Waals surface area contributed by atoms with Gasteiger partial charge in [0, 0.05) is 12.1 Å². The minimum atomic E-state index is -0.132. The molecule has 1 aromatic carbocycles. The monoisotopic (exact) mass is 258 g/mol. The standard InChI is InChI=1S/C15H18N2O2/c1-10-6-7-16-9-13(10)17-14(18)8-11-4-2-3-5-12(11)15(17)19/h2-5,10,13,16H,6-9H2,1H3. The summed E-state index contributed by atoms with van der Waals surface area (Å²) in [5, 5.41) is 3.28. The zero-order chi connectivity index (χ0) is 13.4. The molecular formula is C15H18N2O2. The highest BCUT2D eigenvalue weighted by atomic mass is 16.2. The molecule has 4 heteroatoms. The third kappa shape index (κ3) is 2.06. The predicted molar refractivity (Wildman–Crippen MR) is 71.8 cm³/mol. The highest BCUT2D eigenvalue weighted by molar-refractivity contribution is 6.10. The zero-order valence-corrected chi connectivity index (χ0v) is 11.1. The van der Waals surface area contributed by atoms with Gasteiger partial charge in [-0.05, 0) is 30.5 Å². The number of nitrogens with zero attached hydrogens (tertiary/aromatic N) is 1. The second kappa shape index (κ2) is 4.78. The van der Waals surface area contributed by atoms with E-state index in [0.717, 1.165) is 18.5 Å². The SMILES string of the molecule is CC1CCNCC1N1C(=O)Cc2ccccc2C1=O. The van der Waals surface area contributed by atoms with Gasteiger partial charge in [0.1, 0.15) is 0 Å². The summed E-state index contributed by atoms with van der Waals surface area (Å²) in [7, 11) is 0. The molecule has 1 aromatic rings. The van der Waals surface area contributed by atoms with Gasteiger partial charge in [-0.15, -0.1) is 0 Å². The lowest BCUT2D eigenvalue weighted by molar-refractivity contribution is -0.131. The van der Waals surface area contributed by atoms with Gasteiger partial charge >= 0.3 is 0 Å². The van der Waals surface area contributed by atoms with Gasteiger partial charge in [-0.25, -0.2) is 0 Å². The van der Waals surface area contributed by atoms with Gasteiger partial charge in [0.2, 0.25) is 5.91 Å². The third-order valence-electron chi connectivity index (χ3n) is 4.20. The van der Waals surface area contributed by atoms with Gasteiger partial charge in [-0.1, -0.05) is 25.1 Å². The van der Waals surface area contributed by atoms with Crippen LogP contribution in [0, 0.1) is 5.92 Å². The second-order valence-electron chi connectivity index (χ2n) is 5.44. The molecule has 19 heavy (non-hydrogen) atoms. The molecule has 2 heterocycles. The van der Waals surface area contributed by atoms with E-state index in [1.54, 1.807) is 0 Å². The summed E-state index contributed by atoms with van der Waals surface area (Å²) >= 11 is 0. The summed E-state index contributed by atoms with van der Waals surface area (Å²) in [4.78, 5) is 26.3. The quantitative estimate of drug-likeness (QED) is 0.770. The molecular weight excluding hydrogens is 240 g/mol. The largest absolute Gasteiger partial charge is 0.315 e. The van der Waals surface area contributed by atoms with E-state index in [1.165, 1.54) is 4.90 Å². The topological polar surface area (TPSA) is 49.4 Å². The van der Waals surface area contributed by atoms with E-state index in [4.69, 9.17) is 0 Å². The van der Waals surface area contributed by atoms with Gasteiger partial charge in [0.15, 0.2) is 0 Å². The molecule has 2 atom stereocenters. The van der Waals surface area contributed by atoms with Crippen molar-refractivity contribution in [2.75, 3.05) is 13.1 Å². The summed E-state index contributed by atoms with van der Waals surface area (Å²) in [6.45, 7) is 3.79. The number of carbonyl (C=O) groups is 2. The van der Waals surface area contributed by atoms with Crippen molar-refractivity contribution in [3.63, 3.8) is 0 Å². The predicted octanol–water partition coefficient (Wildman–Crippen LogP) is 1.21. The number of hydrogen-bond acceptors (Lipinski definition) is 3. The molecule has 0 radical (unpaired) electrons. The summed E-state index contributed by atoms with van der Waals surface area (Å²) in [5.41, 5.74) is 1.53. The number of amides is 2. The van der Waals surface area contributed by atoms with Crippen molar-refractivity contribution in [3.8, 4) is 0 Å². The van der Waals surface area contributed by atoms with Gasteiger partial charge in [0.25, 0.3) is 5.91 Å². The average Bonchev–Trinajstić information content (AvgIpc) is 2.41. The molecule has 2 aliphatic rings. The first-order chi connectivity index (χ1) is 9.18. The van der Waals surface area contributed by atoms with Crippen LogP contribution in [0.15, 0.2) is 24.3 Å². The van der Waals surface area contributed by atoms with Crippen LogP contribution in [0.3, 0.4) is 0 Å². The number of nitrogens with one attached hydrogen (secondary N) is 1. The average molecular weight is 258 g/mol. The van der Waals surface area contributed by atoms with Crippen LogP contribution in [0.4, 0.5) is 0 Å². The number of benzene rings is 1. The first kappa shape index (κ1) is 12.4. The summed E-state index contributed by atoms with van der Waals surface area (Å²) in [5.74, 6) is 0.163. The molecule has 2 unspecified atom stereocenters. The fourth-order valence-corrected chi connectivity index (χ4v) is 3.03. The van der Waals surface area contributed by atoms with Gasteiger partial charge in [-0.3, -0.25) is 14.5 Å². The maximum absolute atomic E-state index is 12.5. The Morgan fingerprint density at radius 2 is 2.05 bits per heavy atom. The van der Waals surface area contributed by atoms with Crippen LogP contribution in [-0.2, 0) is 11.2 Å². The van der Waals surface area contributed by atoms with Gasteiger partial charge in [-0.2, -0.15) is 0 Å². The van der Waals surface area contributed by atoms with Crippen molar-refractivity contribution >= 4 is 11.8 Å². The molecule has 4 nitrogen and oxygen atoms in total. The molecule has 1 fully saturated rings. The molecule has 2 amide bonds. The first-order valence-electron chi connectivity index (χ1n) is 6.83. The van der Waals surface area contributed by atoms with Crippen molar-refractivity contribution in [2.24, 2.45) is 5.92 Å². The molecule has 1 N–H and O–H groups in total. The Kier molecular flexibility index (Phi) is 3.11. The van der Waals surface area contributed by atoms with Crippen LogP contribution < -0.4 is 5.32 Å². The van der Waals surface area contributed by atoms with Crippen molar-refractivity contribution in [3.05, 3.63) is 35.4 Å². The molecule has 100 valence electrons. The van der Waals surface area contributed by atoms with Crippen LogP contribution >= 0.6 is 0 Å². The molecule has 3 rings (SSSR count). The Bertz CT molecular complexity index is 527. The van der Waals surface area contributed by atoms with E-state index in [2.05, 4.69) is 12.2 Å². The normalized spacial score (nSPS) is 27.3. The van der Waals surface area contributed by atoms with Crippen molar-refractivity contribution in [2.45, 2.75) is 25.8 Å². The molecule has 0 aliphatic carbocycles. The van der Waals surface area contributed by atoms with E-state index < -0.39 is 0 Å². The maximum atomic E-state index is 12.5. The molecule has 0 bridgehead atoms. The van der Waals surface area contributed by atoms with Crippen molar-refractivity contribution in [1.82, 2.24) is 10.2 Å². The second-order valence-corrected chi connectivity index (χ2v) is 5.44. The number of rotatable bonds is 1. The number of carbonyl (C=O) groups excluding carboxylic acids is 2. The van der Waals surface area contributed by atoms with Crippen LogP contribution in [0.25, 0.3) is 0 Å². The summed E-state index contributed by atoms with van der Waals surface area (Å²) < 4.78 is 0. The minimum absolute atomic E-state index is 0.0119. The van der Waals surface area contributed by atoms with E-state index in [-0.39, 0.29) is 17.9 Å². The lowest BCUT2D eigenvalue weighted by Gasteiger charge is -2.39. The Balaban J connectivity index is 1.95. The number of imide groups is 1. The molecule has 0 saturated carbocycles. The van der Waals surface area contributed by atoms with Crippen LogP contribution in [0.2, 0.25) is 0 Å². The summed E-state index contributed by atoms with van der Waals surface area (Å²) in [6.07, 6.45) is 1.34. The van der Waals surface area contributed by atoms with E-state index in [1.807, 2.05) is 24.3 Å². The fraction of sp³-hybridized carbons (Fsp3) is 0.467. The highest BCUT2D eigenvalue weighted by Gasteiger charge is 2.38. The Morgan fingerprint density at radius 1 is 1.26 bits per heavy atom. The molecule has 1 saturated heterocycles. The molecule has 2 aliphatic heterocycles. The lowest BCUT2D eigenvalue weighted by Crippen LogP contribution is -2.56. The minimum Gasteiger partial charge on any atom is -0.315 e. The molecule has 0 spiro atoms. The van der Waals surface area contributed by atoms with Crippen LogP contribution in [0.1, 0.15) is 29.3 Å². The first-order valence-corrected chi connectivity index (χ1v) is 6.83. The Morgan fingerprint density at radius 3 is 2.84 bits per heavy atom. The zero-order valence-electron chi connectivity index (χ0n) is 11.1. The van der Waals surface area contributed by atoms with Crippen molar-refractivity contribution in [1.29, 1.82) is 0 Å². The fourth-order valence-electron chi connectivity index (χ4n) is 3.03. The Hall–Kier alpha value is -1.68. The number of piperidine rings is 1. The molecule has 0 aromatic heterocycles. The van der Waals surface area contributed by atoms with E-state index >= 15 is 0 Å². The van der Waals surface area contributed by atoms with Gasteiger partial charge in [0.05, 0.1) is 12.5 Å². The smallest absolute Gasteiger partial charge is 0.261 e. The lowest BCUT2D eigenvalue weighted by atomic mass is 9.89. The summed E-state index contributed by atoms with van der Waals surface area (Å²) in [6, 6.07) is 7.40. The number of hydrogen-bond donors (Lipinski definition) is 1. The third-order valence-corrected chi connectivity index (χ3v) is 4.20. The van der Waals surface area contributed by atoms with Crippen LogP contribution in [-0.4, -0.2) is 35.8 Å². The van der Waals surface area contributed by atoms with Gasteiger partial charge < -0.3 is 5.32 Å².